The highest BCUT2D eigenvalue weighted by Crippen LogP contribution is 2.28. The van der Waals surface area contributed by atoms with Crippen LogP contribution in [-0.4, -0.2) is 23.5 Å². The Labute approximate surface area is 113 Å². The van der Waals surface area contributed by atoms with Gasteiger partial charge >= 0.3 is 0 Å². The fraction of sp³-hybridized carbons (Fsp3) is 0.333. The van der Waals surface area contributed by atoms with Crippen LogP contribution in [0, 0.1) is 0 Å². The number of nitrogens with zero attached hydrogens (tertiary/aromatic N) is 1. The van der Waals surface area contributed by atoms with Gasteiger partial charge in [0.1, 0.15) is 0 Å². The first-order valence-corrected chi connectivity index (χ1v) is 7.02. The first kappa shape index (κ1) is 11.9. The number of amides is 1. The summed E-state index contributed by atoms with van der Waals surface area (Å²) < 4.78 is 0.984. The molecule has 0 saturated carbocycles. The molecule has 2 N–H and O–H groups in total. The van der Waals surface area contributed by atoms with Crippen LogP contribution in [0.3, 0.4) is 0 Å². The van der Waals surface area contributed by atoms with Crippen LogP contribution in [0.2, 0.25) is 5.02 Å². The maximum atomic E-state index is 11.9. The van der Waals surface area contributed by atoms with Gasteiger partial charge in [0, 0.05) is 5.02 Å². The molecular weight excluding hydrogens is 270 g/mol. The molecule has 2 aromatic rings. The van der Waals surface area contributed by atoms with Crippen molar-refractivity contribution in [1.82, 2.24) is 10.3 Å². The summed E-state index contributed by atoms with van der Waals surface area (Å²) in [6.45, 7) is 0.910. The summed E-state index contributed by atoms with van der Waals surface area (Å²) >= 11 is 7.36. The Morgan fingerprint density at radius 1 is 1.56 bits per heavy atom. The number of hydrogen-bond acceptors (Lipinski definition) is 4. The molecule has 1 aromatic carbocycles. The molecule has 2 heterocycles. The number of carbonyl (C=O) groups excluding carboxylic acids is 1. The summed E-state index contributed by atoms with van der Waals surface area (Å²) in [6, 6.07) is 5.43. The lowest BCUT2D eigenvalue weighted by Gasteiger charge is -2.08. The van der Waals surface area contributed by atoms with E-state index in [0.717, 1.165) is 29.6 Å². The molecule has 1 fully saturated rings. The number of hydrogen-bond donors (Lipinski definition) is 2. The van der Waals surface area contributed by atoms with Crippen molar-refractivity contribution in [2.45, 2.75) is 18.9 Å². The number of nitrogens with one attached hydrogen (secondary N) is 2. The van der Waals surface area contributed by atoms with Gasteiger partial charge in [0.15, 0.2) is 5.13 Å². The molecule has 18 heavy (non-hydrogen) atoms. The second kappa shape index (κ2) is 4.84. The third-order valence-corrected chi connectivity index (χ3v) is 4.13. The van der Waals surface area contributed by atoms with Gasteiger partial charge in [0.25, 0.3) is 0 Å². The molecule has 1 amide bonds. The zero-order valence-electron chi connectivity index (χ0n) is 9.57. The number of anilines is 1. The molecule has 0 bridgehead atoms. The van der Waals surface area contributed by atoms with E-state index >= 15 is 0 Å². The predicted molar refractivity (Wildman–Crippen MR) is 74.3 cm³/mol. The van der Waals surface area contributed by atoms with Crippen LogP contribution in [0.1, 0.15) is 12.8 Å². The fourth-order valence-corrected chi connectivity index (χ4v) is 3.20. The molecule has 0 aliphatic carbocycles. The van der Waals surface area contributed by atoms with Gasteiger partial charge < -0.3 is 10.6 Å². The van der Waals surface area contributed by atoms with Gasteiger partial charge in [-0.2, -0.15) is 0 Å². The average molecular weight is 282 g/mol. The number of benzene rings is 1. The van der Waals surface area contributed by atoms with Crippen LogP contribution in [0.15, 0.2) is 18.2 Å². The van der Waals surface area contributed by atoms with E-state index in [1.165, 1.54) is 11.3 Å². The van der Waals surface area contributed by atoms with Crippen molar-refractivity contribution in [1.29, 1.82) is 0 Å². The maximum absolute atomic E-state index is 11.9. The molecule has 6 heteroatoms. The van der Waals surface area contributed by atoms with Crippen LogP contribution in [0.5, 0.6) is 0 Å². The van der Waals surface area contributed by atoms with Crippen LogP contribution in [0.4, 0.5) is 5.13 Å². The molecule has 3 rings (SSSR count). The molecule has 0 spiro atoms. The molecule has 0 radical (unpaired) electrons. The predicted octanol–water partition coefficient (Wildman–Crippen LogP) is 2.64. The summed E-state index contributed by atoms with van der Waals surface area (Å²) in [5.41, 5.74) is 0.860. The van der Waals surface area contributed by atoms with E-state index in [-0.39, 0.29) is 11.9 Å². The maximum Gasteiger partial charge on any atom is 0.243 e. The van der Waals surface area contributed by atoms with E-state index in [1.54, 1.807) is 6.07 Å². The number of halogens is 1. The number of fused-ring (bicyclic) bond motifs is 1. The molecule has 1 saturated heterocycles. The quantitative estimate of drug-likeness (QED) is 0.890. The second-order valence-electron chi connectivity index (χ2n) is 4.27. The van der Waals surface area contributed by atoms with Gasteiger partial charge in [0.05, 0.1) is 16.3 Å². The summed E-state index contributed by atoms with van der Waals surface area (Å²) in [4.78, 5) is 16.3. The van der Waals surface area contributed by atoms with E-state index in [9.17, 15) is 4.79 Å². The fourth-order valence-electron chi connectivity index (χ4n) is 2.05. The van der Waals surface area contributed by atoms with Gasteiger partial charge in [-0.05, 0) is 37.6 Å². The van der Waals surface area contributed by atoms with E-state index in [2.05, 4.69) is 15.6 Å². The van der Waals surface area contributed by atoms with Crippen molar-refractivity contribution in [2.75, 3.05) is 11.9 Å². The molecule has 0 unspecified atom stereocenters. The third-order valence-electron chi connectivity index (χ3n) is 2.96. The monoisotopic (exact) mass is 281 g/mol. The second-order valence-corrected chi connectivity index (χ2v) is 5.74. The van der Waals surface area contributed by atoms with Gasteiger partial charge in [-0.15, -0.1) is 0 Å². The van der Waals surface area contributed by atoms with E-state index in [1.807, 2.05) is 12.1 Å². The molecule has 4 nitrogen and oxygen atoms in total. The minimum absolute atomic E-state index is 0.00217. The van der Waals surface area contributed by atoms with Crippen molar-refractivity contribution in [3.63, 3.8) is 0 Å². The summed E-state index contributed by atoms with van der Waals surface area (Å²) in [5, 5.41) is 7.33. The van der Waals surface area contributed by atoms with E-state index in [4.69, 9.17) is 11.6 Å². The van der Waals surface area contributed by atoms with Crippen molar-refractivity contribution in [2.24, 2.45) is 0 Å². The Kier molecular flexibility index (Phi) is 3.20. The average Bonchev–Trinajstić information content (AvgIpc) is 2.95. The first-order valence-electron chi connectivity index (χ1n) is 5.83. The molecule has 1 aromatic heterocycles. The zero-order valence-corrected chi connectivity index (χ0v) is 11.1. The van der Waals surface area contributed by atoms with Crippen molar-refractivity contribution >= 4 is 44.2 Å². The van der Waals surface area contributed by atoms with Crippen LogP contribution < -0.4 is 10.6 Å². The van der Waals surface area contributed by atoms with Crippen molar-refractivity contribution in [3.8, 4) is 0 Å². The lowest BCUT2D eigenvalue weighted by Crippen LogP contribution is -2.35. The Hall–Kier alpha value is -1.17. The van der Waals surface area contributed by atoms with Gasteiger partial charge in [0.2, 0.25) is 5.91 Å². The Bertz CT molecular complexity index is 592. The minimum atomic E-state index is -0.0828. The van der Waals surface area contributed by atoms with Crippen molar-refractivity contribution < 1.29 is 4.79 Å². The Morgan fingerprint density at radius 3 is 3.22 bits per heavy atom. The summed E-state index contributed by atoms with van der Waals surface area (Å²) in [7, 11) is 0. The number of carbonyl (C=O) groups is 1. The number of thiazole rings is 1. The van der Waals surface area contributed by atoms with Crippen LogP contribution in [-0.2, 0) is 4.79 Å². The normalized spacial score (nSPS) is 19.3. The molecule has 94 valence electrons. The lowest BCUT2D eigenvalue weighted by atomic mass is 10.2. The summed E-state index contributed by atoms with van der Waals surface area (Å²) in [5.74, 6) is -0.00217. The highest BCUT2D eigenvalue weighted by molar-refractivity contribution is 7.22. The van der Waals surface area contributed by atoms with Crippen LogP contribution >= 0.6 is 22.9 Å². The largest absolute Gasteiger partial charge is 0.306 e. The standard InChI is InChI=1S/C12H12ClN3OS/c13-7-3-4-8-10(6-7)18-12(15-8)16-11(17)9-2-1-5-14-9/h3-4,6,9,14H,1-2,5H2,(H,15,16,17)/t9-/m1/s1. The highest BCUT2D eigenvalue weighted by Gasteiger charge is 2.22. The number of rotatable bonds is 2. The highest BCUT2D eigenvalue weighted by atomic mass is 35.5. The smallest absolute Gasteiger partial charge is 0.243 e. The lowest BCUT2D eigenvalue weighted by molar-refractivity contribution is -0.117. The van der Waals surface area contributed by atoms with Gasteiger partial charge in [-0.25, -0.2) is 4.98 Å². The molecule has 1 aliphatic rings. The molecular formula is C12H12ClN3OS. The SMILES string of the molecule is O=C(Nc1nc2ccc(Cl)cc2s1)[C@H]1CCCN1. The third kappa shape index (κ3) is 2.34. The molecule has 1 aliphatic heterocycles. The van der Waals surface area contributed by atoms with Crippen LogP contribution in [0.25, 0.3) is 10.2 Å². The topological polar surface area (TPSA) is 54.0 Å². The van der Waals surface area contributed by atoms with Gasteiger partial charge in [-0.1, -0.05) is 22.9 Å². The number of aromatic nitrogens is 1. The van der Waals surface area contributed by atoms with E-state index < -0.39 is 0 Å². The summed E-state index contributed by atoms with van der Waals surface area (Å²) in [6.07, 6.45) is 1.94. The minimum Gasteiger partial charge on any atom is -0.306 e. The molecule has 1 atom stereocenters. The van der Waals surface area contributed by atoms with Crippen molar-refractivity contribution in [3.05, 3.63) is 23.2 Å². The Balaban J connectivity index is 1.79. The first-order chi connectivity index (χ1) is 8.72. The zero-order chi connectivity index (χ0) is 12.5. The van der Waals surface area contributed by atoms with Gasteiger partial charge in [-0.3, -0.25) is 4.79 Å². The Morgan fingerprint density at radius 2 is 2.44 bits per heavy atom. The van der Waals surface area contributed by atoms with E-state index in [0.29, 0.717) is 10.2 Å².